The maximum absolute atomic E-state index is 14.5. The topological polar surface area (TPSA) is 69.2 Å². The summed E-state index contributed by atoms with van der Waals surface area (Å²) in [6.45, 7) is 8.14. The Morgan fingerprint density at radius 1 is 1.21 bits per heavy atom. The van der Waals surface area contributed by atoms with Gasteiger partial charge in [0.15, 0.2) is 24.4 Å². The number of pyridine rings is 1. The Hall–Kier alpha value is -1.30. The van der Waals surface area contributed by atoms with Gasteiger partial charge in [0.25, 0.3) is 0 Å². The molecule has 0 fully saturated rings. The SMILES string of the molecule is CSc1nc(NCCO[Si](C)(C)C(C)(C)C)c2c(OC(F)F)nc(Cl)c(F)c2n1. The lowest BCUT2D eigenvalue weighted by Gasteiger charge is -2.36. The summed E-state index contributed by atoms with van der Waals surface area (Å²) in [4.78, 5) is 11.9. The summed E-state index contributed by atoms with van der Waals surface area (Å²) in [5.74, 6) is -1.35. The normalized spacial score (nSPS) is 12.7. The summed E-state index contributed by atoms with van der Waals surface area (Å²) < 4.78 is 50.7. The molecule has 0 spiro atoms. The molecule has 29 heavy (non-hydrogen) atoms. The smallest absolute Gasteiger partial charge is 0.388 e. The van der Waals surface area contributed by atoms with Gasteiger partial charge < -0.3 is 14.5 Å². The van der Waals surface area contributed by atoms with Crippen molar-refractivity contribution in [3.63, 3.8) is 0 Å². The second-order valence-corrected chi connectivity index (χ2v) is 13.7. The van der Waals surface area contributed by atoms with Gasteiger partial charge in [-0.25, -0.2) is 14.4 Å². The minimum absolute atomic E-state index is 0.0444. The van der Waals surface area contributed by atoms with Gasteiger partial charge in [-0.3, -0.25) is 0 Å². The number of rotatable bonds is 8. The number of ether oxygens (including phenoxy) is 1. The molecule has 0 aliphatic carbocycles. The minimum atomic E-state index is -3.16. The monoisotopic (exact) mass is 468 g/mol. The quantitative estimate of drug-likeness (QED) is 0.178. The average molecular weight is 469 g/mol. The lowest BCUT2D eigenvalue weighted by Crippen LogP contribution is -2.41. The molecule has 0 saturated carbocycles. The third kappa shape index (κ3) is 5.65. The first kappa shape index (κ1) is 24.0. The Balaban J connectivity index is 2.37. The molecule has 2 heterocycles. The molecule has 0 aliphatic rings. The number of aromatic nitrogens is 3. The van der Waals surface area contributed by atoms with Crippen molar-refractivity contribution in [3.05, 3.63) is 11.0 Å². The third-order valence-corrected chi connectivity index (χ3v) is 10.1. The van der Waals surface area contributed by atoms with Crippen molar-refractivity contribution in [3.8, 4) is 5.88 Å². The number of halogens is 4. The van der Waals surface area contributed by atoms with E-state index in [9.17, 15) is 13.2 Å². The van der Waals surface area contributed by atoms with Gasteiger partial charge in [0.05, 0.1) is 6.61 Å². The van der Waals surface area contributed by atoms with Crippen LogP contribution >= 0.6 is 23.4 Å². The van der Waals surface area contributed by atoms with Crippen molar-refractivity contribution in [2.75, 3.05) is 24.7 Å². The van der Waals surface area contributed by atoms with Gasteiger partial charge in [-0.15, -0.1) is 0 Å². The van der Waals surface area contributed by atoms with Gasteiger partial charge >= 0.3 is 6.61 Å². The molecule has 0 aliphatic heterocycles. The van der Waals surface area contributed by atoms with Crippen molar-refractivity contribution >= 4 is 48.4 Å². The number of hydrogen-bond donors (Lipinski definition) is 1. The Morgan fingerprint density at radius 3 is 2.41 bits per heavy atom. The molecule has 0 atom stereocenters. The van der Waals surface area contributed by atoms with Gasteiger partial charge in [-0.2, -0.15) is 13.8 Å². The van der Waals surface area contributed by atoms with Crippen LogP contribution in [0.25, 0.3) is 10.9 Å². The number of fused-ring (bicyclic) bond motifs is 1. The Morgan fingerprint density at radius 2 is 1.86 bits per heavy atom. The predicted octanol–water partition coefficient (Wildman–Crippen LogP) is 5.57. The van der Waals surface area contributed by atoms with Crippen LogP contribution in [-0.4, -0.2) is 49.3 Å². The number of anilines is 1. The van der Waals surface area contributed by atoms with E-state index in [-0.39, 0.29) is 26.9 Å². The van der Waals surface area contributed by atoms with Crippen LogP contribution in [0.15, 0.2) is 5.16 Å². The van der Waals surface area contributed by atoms with Crippen LogP contribution in [0, 0.1) is 5.82 Å². The maximum atomic E-state index is 14.5. The van der Waals surface area contributed by atoms with Crippen LogP contribution in [0.5, 0.6) is 5.88 Å². The first-order valence-corrected chi connectivity index (χ1v) is 13.3. The van der Waals surface area contributed by atoms with Crippen molar-refractivity contribution in [1.29, 1.82) is 0 Å². The lowest BCUT2D eigenvalue weighted by molar-refractivity contribution is -0.0517. The molecule has 6 nitrogen and oxygen atoms in total. The fraction of sp³-hybridized carbons (Fsp3) is 0.588. The summed E-state index contributed by atoms with van der Waals surface area (Å²) in [6, 6.07) is 0. The molecule has 1 N–H and O–H groups in total. The molecule has 0 radical (unpaired) electrons. The summed E-state index contributed by atoms with van der Waals surface area (Å²) in [6.07, 6.45) is 1.71. The van der Waals surface area contributed by atoms with Gasteiger partial charge in [0, 0.05) is 6.54 Å². The first-order chi connectivity index (χ1) is 13.4. The molecule has 0 aromatic carbocycles. The second kappa shape index (κ2) is 9.23. The molecule has 12 heteroatoms. The van der Waals surface area contributed by atoms with E-state index in [1.807, 2.05) is 0 Å². The Bertz CT molecular complexity index is 884. The van der Waals surface area contributed by atoms with Crippen molar-refractivity contribution < 1.29 is 22.3 Å². The fourth-order valence-corrected chi connectivity index (χ4v) is 3.75. The Kier molecular flexibility index (Phi) is 7.63. The van der Waals surface area contributed by atoms with E-state index >= 15 is 0 Å². The highest BCUT2D eigenvalue weighted by Gasteiger charge is 2.36. The molecule has 0 saturated heterocycles. The fourth-order valence-electron chi connectivity index (χ4n) is 2.17. The standard InChI is InChI=1S/C17H24ClF3N4O2SSi/c1-17(2,3)29(5,6)26-8-7-22-13-9-11(23-16(25-13)28-4)10(19)12(18)24-14(9)27-15(20)21/h15H,7-8H2,1-6H3,(H,22,23,25). The van der Waals surface area contributed by atoms with Gasteiger partial charge in [0.2, 0.25) is 5.88 Å². The molecule has 0 unspecified atom stereocenters. The molecule has 2 aromatic heterocycles. The molecule has 0 bridgehead atoms. The Labute approximate surface area is 178 Å². The molecular formula is C17H24ClF3N4O2SSi. The number of nitrogens with zero attached hydrogens (tertiary/aromatic N) is 3. The van der Waals surface area contributed by atoms with E-state index in [0.717, 1.165) is 0 Å². The maximum Gasteiger partial charge on any atom is 0.388 e. The first-order valence-electron chi connectivity index (χ1n) is 8.80. The zero-order valence-electron chi connectivity index (χ0n) is 17.1. The van der Waals surface area contributed by atoms with Crippen LogP contribution in [0.3, 0.4) is 0 Å². The van der Waals surface area contributed by atoms with E-state index in [1.165, 1.54) is 11.8 Å². The largest absolute Gasteiger partial charge is 0.416 e. The van der Waals surface area contributed by atoms with E-state index in [2.05, 4.69) is 58.9 Å². The summed E-state index contributed by atoms with van der Waals surface area (Å²) >= 11 is 6.90. The highest BCUT2D eigenvalue weighted by molar-refractivity contribution is 7.98. The van der Waals surface area contributed by atoms with E-state index in [4.69, 9.17) is 16.0 Å². The number of alkyl halides is 2. The highest BCUT2D eigenvalue weighted by atomic mass is 35.5. The number of nitrogens with one attached hydrogen (secondary N) is 1. The molecule has 2 rings (SSSR count). The van der Waals surface area contributed by atoms with Gasteiger partial charge in [0.1, 0.15) is 16.7 Å². The number of thioether (sulfide) groups is 1. The summed E-state index contributed by atoms with van der Waals surface area (Å²) in [5, 5.41) is 2.59. The second-order valence-electron chi connectivity index (χ2n) is 7.72. The zero-order valence-corrected chi connectivity index (χ0v) is 19.6. The van der Waals surface area contributed by atoms with Crippen molar-refractivity contribution in [2.24, 2.45) is 0 Å². The zero-order chi connectivity index (χ0) is 22.0. The molecule has 0 amide bonds. The van der Waals surface area contributed by atoms with Crippen LogP contribution in [0.1, 0.15) is 20.8 Å². The van der Waals surface area contributed by atoms with E-state index in [0.29, 0.717) is 13.2 Å². The predicted molar refractivity (Wildman–Crippen MR) is 112 cm³/mol. The summed E-state index contributed by atoms with van der Waals surface area (Å²) in [7, 11) is -1.95. The van der Waals surface area contributed by atoms with Crippen molar-refractivity contribution in [1.82, 2.24) is 15.0 Å². The van der Waals surface area contributed by atoms with Crippen LogP contribution < -0.4 is 10.1 Å². The number of hydrogen-bond acceptors (Lipinski definition) is 7. The van der Waals surface area contributed by atoms with E-state index < -0.39 is 31.8 Å². The van der Waals surface area contributed by atoms with Crippen molar-refractivity contribution in [2.45, 2.75) is 50.7 Å². The highest BCUT2D eigenvalue weighted by Crippen LogP contribution is 2.37. The molecular weight excluding hydrogens is 445 g/mol. The van der Waals surface area contributed by atoms with E-state index in [1.54, 1.807) is 6.26 Å². The van der Waals surface area contributed by atoms with Crippen LogP contribution in [0.4, 0.5) is 19.0 Å². The summed E-state index contributed by atoms with van der Waals surface area (Å²) in [5.41, 5.74) is -0.243. The van der Waals surface area contributed by atoms with Crippen LogP contribution in [-0.2, 0) is 4.43 Å². The average Bonchev–Trinajstić information content (AvgIpc) is 2.61. The molecule has 162 valence electrons. The molecule has 2 aromatic rings. The minimum Gasteiger partial charge on any atom is -0.416 e. The van der Waals surface area contributed by atoms with Crippen LogP contribution in [0.2, 0.25) is 23.3 Å². The van der Waals surface area contributed by atoms with Gasteiger partial charge in [-0.1, -0.05) is 44.1 Å². The lowest BCUT2D eigenvalue weighted by atomic mass is 10.2. The van der Waals surface area contributed by atoms with Gasteiger partial charge in [-0.05, 0) is 24.4 Å². The third-order valence-electron chi connectivity index (χ3n) is 4.74.